The van der Waals surface area contributed by atoms with Gasteiger partial charge in [-0.05, 0) is 55.2 Å². The van der Waals surface area contributed by atoms with Gasteiger partial charge in [-0.25, -0.2) is 8.42 Å². The van der Waals surface area contributed by atoms with Crippen molar-refractivity contribution in [3.63, 3.8) is 0 Å². The summed E-state index contributed by atoms with van der Waals surface area (Å²) < 4.78 is 26.7. The summed E-state index contributed by atoms with van der Waals surface area (Å²) in [6, 6.07) is 21.6. The third-order valence-corrected chi connectivity index (χ3v) is 7.55. The van der Waals surface area contributed by atoms with Gasteiger partial charge in [0, 0.05) is 20.0 Å². The maximum absolute atomic E-state index is 13.9. The zero-order chi connectivity index (χ0) is 27.2. The molecular formula is C29H35N3O4S. The second kappa shape index (κ2) is 12.1. The van der Waals surface area contributed by atoms with Gasteiger partial charge in [-0.1, -0.05) is 66.2 Å². The number of likely N-dealkylation sites (N-methyl/N-ethyl adjacent to an activating group) is 1. The minimum atomic E-state index is -3.78. The topological polar surface area (TPSA) is 86.8 Å². The summed E-state index contributed by atoms with van der Waals surface area (Å²) in [7, 11) is -2.25. The average molecular weight is 522 g/mol. The number of hydrogen-bond acceptors (Lipinski definition) is 4. The number of nitrogens with one attached hydrogen (secondary N) is 1. The first-order chi connectivity index (χ1) is 17.5. The summed E-state index contributed by atoms with van der Waals surface area (Å²) in [5.41, 5.74) is 5.13. The van der Waals surface area contributed by atoms with Crippen LogP contribution in [0.1, 0.15) is 27.8 Å². The number of benzene rings is 3. The van der Waals surface area contributed by atoms with Crippen LogP contribution >= 0.6 is 0 Å². The standard InChI is InChI=1S/C29H35N3O4S/c1-21-10-9-13-25(16-21)19-31(27(29(34)30-4)18-24-11-7-6-8-12-24)28(33)20-32(37(5,35)36)26-15-14-22(2)23(3)17-26/h6-17,27H,18-20H2,1-5H3,(H,30,34). The Morgan fingerprint density at radius 2 is 1.54 bits per heavy atom. The molecule has 0 aliphatic carbocycles. The van der Waals surface area contributed by atoms with E-state index < -0.39 is 28.5 Å². The van der Waals surface area contributed by atoms with Gasteiger partial charge in [0.1, 0.15) is 12.6 Å². The summed E-state index contributed by atoms with van der Waals surface area (Å²) in [4.78, 5) is 28.5. The Bertz CT molecular complexity index is 1360. The van der Waals surface area contributed by atoms with E-state index in [1.165, 1.54) is 11.9 Å². The number of amides is 2. The fourth-order valence-electron chi connectivity index (χ4n) is 4.22. The van der Waals surface area contributed by atoms with Crippen LogP contribution in [0, 0.1) is 20.8 Å². The van der Waals surface area contributed by atoms with Crippen molar-refractivity contribution in [3.05, 3.63) is 101 Å². The van der Waals surface area contributed by atoms with Gasteiger partial charge in [-0.3, -0.25) is 13.9 Å². The zero-order valence-electron chi connectivity index (χ0n) is 22.1. The van der Waals surface area contributed by atoms with Gasteiger partial charge >= 0.3 is 0 Å². The third kappa shape index (κ3) is 7.43. The van der Waals surface area contributed by atoms with E-state index in [0.29, 0.717) is 12.1 Å². The van der Waals surface area contributed by atoms with Crippen LogP contribution in [0.2, 0.25) is 0 Å². The molecule has 2 amide bonds. The predicted molar refractivity (Wildman–Crippen MR) is 148 cm³/mol. The van der Waals surface area contributed by atoms with Gasteiger partial charge < -0.3 is 10.2 Å². The lowest BCUT2D eigenvalue weighted by molar-refractivity contribution is -0.139. The number of sulfonamides is 1. The fraction of sp³-hybridized carbons (Fsp3) is 0.310. The normalized spacial score (nSPS) is 12.0. The van der Waals surface area contributed by atoms with E-state index in [2.05, 4.69) is 5.32 Å². The first kappa shape index (κ1) is 27.9. The van der Waals surface area contributed by atoms with Crippen LogP contribution in [0.3, 0.4) is 0 Å². The fourth-order valence-corrected chi connectivity index (χ4v) is 5.06. The molecule has 3 rings (SSSR count). The highest BCUT2D eigenvalue weighted by Crippen LogP contribution is 2.23. The number of hydrogen-bond donors (Lipinski definition) is 1. The Kier molecular flexibility index (Phi) is 9.10. The van der Waals surface area contributed by atoms with Crippen LogP contribution < -0.4 is 9.62 Å². The minimum Gasteiger partial charge on any atom is -0.357 e. The monoisotopic (exact) mass is 521 g/mol. The lowest BCUT2D eigenvalue weighted by atomic mass is 10.0. The van der Waals surface area contributed by atoms with Crippen molar-refractivity contribution in [3.8, 4) is 0 Å². The summed E-state index contributed by atoms with van der Waals surface area (Å²) in [5.74, 6) is -0.781. The van der Waals surface area contributed by atoms with Gasteiger partial charge in [-0.15, -0.1) is 0 Å². The van der Waals surface area contributed by atoms with Crippen molar-refractivity contribution >= 4 is 27.5 Å². The quantitative estimate of drug-likeness (QED) is 0.440. The Morgan fingerprint density at radius 1 is 0.865 bits per heavy atom. The number of nitrogens with zero attached hydrogens (tertiary/aromatic N) is 2. The number of carbonyl (C=O) groups is 2. The molecule has 0 bridgehead atoms. The maximum atomic E-state index is 13.9. The Labute approximate surface area is 220 Å². The molecule has 0 saturated carbocycles. The van der Waals surface area contributed by atoms with Crippen molar-refractivity contribution in [1.82, 2.24) is 10.2 Å². The lowest BCUT2D eigenvalue weighted by Crippen LogP contribution is -2.52. The molecule has 7 nitrogen and oxygen atoms in total. The first-order valence-corrected chi connectivity index (χ1v) is 14.0. The van der Waals surface area contributed by atoms with Crippen molar-refractivity contribution < 1.29 is 18.0 Å². The molecule has 0 saturated heterocycles. The highest BCUT2D eigenvalue weighted by Gasteiger charge is 2.32. The van der Waals surface area contributed by atoms with E-state index in [-0.39, 0.29) is 12.5 Å². The van der Waals surface area contributed by atoms with E-state index in [1.54, 1.807) is 12.1 Å². The summed E-state index contributed by atoms with van der Waals surface area (Å²) >= 11 is 0. The van der Waals surface area contributed by atoms with Crippen LogP contribution in [-0.2, 0) is 32.6 Å². The summed E-state index contributed by atoms with van der Waals surface area (Å²) in [5, 5.41) is 2.68. The zero-order valence-corrected chi connectivity index (χ0v) is 22.9. The van der Waals surface area contributed by atoms with Gasteiger partial charge in [-0.2, -0.15) is 0 Å². The summed E-state index contributed by atoms with van der Waals surface area (Å²) in [6.45, 7) is 5.54. The molecule has 0 spiro atoms. The lowest BCUT2D eigenvalue weighted by Gasteiger charge is -2.33. The molecule has 0 aromatic heterocycles. The van der Waals surface area contributed by atoms with Gasteiger partial charge in [0.2, 0.25) is 21.8 Å². The molecule has 8 heteroatoms. The highest BCUT2D eigenvalue weighted by molar-refractivity contribution is 7.92. The molecule has 0 aliphatic rings. The van der Waals surface area contributed by atoms with Crippen LogP contribution in [0.5, 0.6) is 0 Å². The number of anilines is 1. The molecule has 1 N–H and O–H groups in total. The van der Waals surface area contributed by atoms with Gasteiger partial charge in [0.15, 0.2) is 0 Å². The first-order valence-electron chi connectivity index (χ1n) is 12.1. The molecule has 0 aliphatic heterocycles. The van der Waals surface area contributed by atoms with Crippen LogP contribution in [-0.4, -0.2) is 51.0 Å². The summed E-state index contributed by atoms with van der Waals surface area (Å²) in [6.07, 6.45) is 1.38. The Hall–Kier alpha value is -3.65. The van der Waals surface area contributed by atoms with Crippen molar-refractivity contribution in [2.75, 3.05) is 24.2 Å². The largest absolute Gasteiger partial charge is 0.357 e. The molecule has 0 radical (unpaired) electrons. The third-order valence-electron chi connectivity index (χ3n) is 6.41. The molecular weight excluding hydrogens is 486 g/mol. The van der Waals surface area contributed by atoms with E-state index >= 15 is 0 Å². The predicted octanol–water partition coefficient (Wildman–Crippen LogP) is 3.76. The van der Waals surface area contributed by atoms with Crippen LogP contribution in [0.25, 0.3) is 0 Å². The van der Waals surface area contributed by atoms with E-state index in [9.17, 15) is 18.0 Å². The molecule has 1 atom stereocenters. The van der Waals surface area contributed by atoms with Crippen LogP contribution in [0.15, 0.2) is 72.8 Å². The highest BCUT2D eigenvalue weighted by atomic mass is 32.2. The second-order valence-corrected chi connectivity index (χ2v) is 11.3. The Morgan fingerprint density at radius 3 is 2.14 bits per heavy atom. The van der Waals surface area contributed by atoms with Gasteiger partial charge in [0.05, 0.1) is 11.9 Å². The molecule has 37 heavy (non-hydrogen) atoms. The SMILES string of the molecule is CNC(=O)C(Cc1ccccc1)N(Cc1cccc(C)c1)C(=O)CN(c1ccc(C)c(C)c1)S(C)(=O)=O. The van der Waals surface area contributed by atoms with E-state index in [4.69, 9.17) is 0 Å². The number of rotatable bonds is 10. The average Bonchev–Trinajstić information content (AvgIpc) is 2.86. The number of carbonyl (C=O) groups excluding carboxylic acids is 2. The molecule has 0 heterocycles. The molecule has 1 unspecified atom stereocenters. The number of aryl methyl sites for hydroxylation is 3. The molecule has 3 aromatic rings. The van der Waals surface area contributed by atoms with Crippen molar-refractivity contribution in [1.29, 1.82) is 0 Å². The smallest absolute Gasteiger partial charge is 0.244 e. The van der Waals surface area contributed by atoms with Gasteiger partial charge in [0.25, 0.3) is 0 Å². The minimum absolute atomic E-state index is 0.163. The molecule has 0 fully saturated rings. The second-order valence-electron chi connectivity index (χ2n) is 9.37. The van der Waals surface area contributed by atoms with E-state index in [1.807, 2.05) is 81.4 Å². The van der Waals surface area contributed by atoms with E-state index in [0.717, 1.165) is 38.4 Å². The maximum Gasteiger partial charge on any atom is 0.244 e. The molecule has 196 valence electrons. The van der Waals surface area contributed by atoms with Crippen LogP contribution in [0.4, 0.5) is 5.69 Å². The Balaban J connectivity index is 2.04. The van der Waals surface area contributed by atoms with Crippen molar-refractivity contribution in [2.24, 2.45) is 0 Å². The molecule has 3 aromatic carbocycles. The van der Waals surface area contributed by atoms with Crippen molar-refractivity contribution in [2.45, 2.75) is 39.8 Å².